The minimum Gasteiger partial charge on any atom is -0.444 e. The molecule has 0 saturated heterocycles. The minimum absolute atomic E-state index is 0.0497. The summed E-state index contributed by atoms with van der Waals surface area (Å²) in [6.45, 7) is 8.98. The first-order valence-electron chi connectivity index (χ1n) is 8.36. The molecule has 1 amide bonds. The number of carbonyl (C=O) groups is 2. The molecular weight excluding hydrogens is 314 g/mol. The zero-order valence-corrected chi connectivity index (χ0v) is 15.4. The van der Waals surface area contributed by atoms with Gasteiger partial charge in [-0.25, -0.2) is 4.79 Å². The fraction of sp³-hybridized carbons (Fsp3) is 0.333. The maximum atomic E-state index is 11.9. The third-order valence-electron chi connectivity index (χ3n) is 3.75. The topological polar surface area (TPSA) is 55.4 Å². The Labute approximate surface area is 149 Å². The van der Waals surface area contributed by atoms with Crippen LogP contribution in [0.1, 0.15) is 56.6 Å². The number of hydrogen-bond acceptors (Lipinski definition) is 3. The summed E-state index contributed by atoms with van der Waals surface area (Å²) in [5, 5.41) is 2.83. The molecule has 25 heavy (non-hydrogen) atoms. The molecule has 2 aromatic carbocycles. The zero-order valence-electron chi connectivity index (χ0n) is 15.4. The first-order valence-corrected chi connectivity index (χ1v) is 8.36. The van der Waals surface area contributed by atoms with Crippen molar-refractivity contribution in [2.75, 3.05) is 0 Å². The van der Waals surface area contributed by atoms with Gasteiger partial charge in [0.2, 0.25) is 0 Å². The van der Waals surface area contributed by atoms with Crippen molar-refractivity contribution in [2.24, 2.45) is 0 Å². The normalized spacial score (nSPS) is 12.4. The third-order valence-corrected chi connectivity index (χ3v) is 3.75. The number of Topliss-reactive ketones (excluding diaryl/α,β-unsaturated/α-hetero) is 1. The van der Waals surface area contributed by atoms with Gasteiger partial charge in [-0.2, -0.15) is 0 Å². The van der Waals surface area contributed by atoms with Gasteiger partial charge >= 0.3 is 6.09 Å². The standard InChI is InChI=1S/C21H25NO3/c1-14(22-20(24)25-21(3,4)5)16-9-11-17(12-10-16)19-8-6-7-18(13-19)15(2)23/h6-14H,1-5H3,(H,22,24). The van der Waals surface area contributed by atoms with Gasteiger partial charge in [-0.3, -0.25) is 4.79 Å². The monoisotopic (exact) mass is 339 g/mol. The zero-order chi connectivity index (χ0) is 18.6. The Hall–Kier alpha value is -2.62. The van der Waals surface area contributed by atoms with Crippen LogP contribution in [0.4, 0.5) is 4.79 Å². The van der Waals surface area contributed by atoms with Crippen LogP contribution in [0.2, 0.25) is 0 Å². The summed E-state index contributed by atoms with van der Waals surface area (Å²) in [5.41, 5.74) is 3.18. The van der Waals surface area contributed by atoms with E-state index in [4.69, 9.17) is 4.74 Å². The van der Waals surface area contributed by atoms with E-state index in [0.29, 0.717) is 5.56 Å². The molecule has 1 atom stereocenters. The number of nitrogens with one attached hydrogen (secondary N) is 1. The van der Waals surface area contributed by atoms with Crippen LogP contribution < -0.4 is 5.32 Å². The highest BCUT2D eigenvalue weighted by Gasteiger charge is 2.18. The van der Waals surface area contributed by atoms with Crippen LogP contribution in [-0.2, 0) is 4.74 Å². The Morgan fingerprint density at radius 1 is 1.00 bits per heavy atom. The first kappa shape index (κ1) is 18.7. The average molecular weight is 339 g/mol. The Kier molecular flexibility index (Phi) is 5.62. The Morgan fingerprint density at radius 2 is 1.64 bits per heavy atom. The summed E-state index contributed by atoms with van der Waals surface area (Å²) in [4.78, 5) is 23.4. The Morgan fingerprint density at radius 3 is 2.20 bits per heavy atom. The van der Waals surface area contributed by atoms with Crippen LogP contribution in [0.25, 0.3) is 11.1 Å². The van der Waals surface area contributed by atoms with Crippen LogP contribution >= 0.6 is 0 Å². The van der Waals surface area contributed by atoms with Crippen molar-refractivity contribution in [1.82, 2.24) is 5.32 Å². The van der Waals surface area contributed by atoms with E-state index in [1.165, 1.54) is 0 Å². The molecule has 1 unspecified atom stereocenters. The van der Waals surface area contributed by atoms with Gasteiger partial charge in [-0.05, 0) is 57.4 Å². The van der Waals surface area contributed by atoms with Crippen molar-refractivity contribution < 1.29 is 14.3 Å². The molecule has 0 bridgehead atoms. The van der Waals surface area contributed by atoms with Crippen molar-refractivity contribution in [2.45, 2.75) is 46.3 Å². The molecular formula is C21H25NO3. The van der Waals surface area contributed by atoms with Crippen LogP contribution in [0.15, 0.2) is 48.5 Å². The van der Waals surface area contributed by atoms with Crippen LogP contribution in [0, 0.1) is 0 Å². The summed E-state index contributed by atoms with van der Waals surface area (Å²) >= 11 is 0. The van der Waals surface area contributed by atoms with Crippen LogP contribution in [0.5, 0.6) is 0 Å². The lowest BCUT2D eigenvalue weighted by molar-refractivity contribution is 0.0508. The van der Waals surface area contributed by atoms with Gasteiger partial charge in [0, 0.05) is 5.56 Å². The quantitative estimate of drug-likeness (QED) is 0.785. The van der Waals surface area contributed by atoms with Gasteiger partial charge in [0.1, 0.15) is 5.60 Å². The lowest BCUT2D eigenvalue weighted by Gasteiger charge is -2.22. The molecule has 0 spiro atoms. The van der Waals surface area contributed by atoms with Gasteiger partial charge in [-0.1, -0.05) is 42.5 Å². The highest BCUT2D eigenvalue weighted by Crippen LogP contribution is 2.23. The van der Waals surface area contributed by atoms with Crippen molar-refractivity contribution in [1.29, 1.82) is 0 Å². The molecule has 132 valence electrons. The average Bonchev–Trinajstić information content (AvgIpc) is 2.53. The Balaban J connectivity index is 2.10. The lowest BCUT2D eigenvalue weighted by atomic mass is 9.99. The molecule has 4 nitrogen and oxygen atoms in total. The fourth-order valence-electron chi connectivity index (χ4n) is 2.45. The molecule has 0 radical (unpaired) electrons. The molecule has 0 aliphatic heterocycles. The van der Waals surface area contributed by atoms with Crippen LogP contribution in [-0.4, -0.2) is 17.5 Å². The van der Waals surface area contributed by atoms with Crippen molar-refractivity contribution in [3.8, 4) is 11.1 Å². The number of benzene rings is 2. The molecule has 0 heterocycles. The van der Waals surface area contributed by atoms with Crippen molar-refractivity contribution in [3.63, 3.8) is 0 Å². The summed E-state index contributed by atoms with van der Waals surface area (Å²) in [7, 11) is 0. The van der Waals surface area contributed by atoms with Crippen LogP contribution in [0.3, 0.4) is 0 Å². The molecule has 0 aliphatic carbocycles. The summed E-state index contributed by atoms with van der Waals surface area (Å²) in [5.74, 6) is 0.0497. The van der Waals surface area contributed by atoms with E-state index < -0.39 is 11.7 Å². The molecule has 0 aromatic heterocycles. The van der Waals surface area contributed by atoms with E-state index in [2.05, 4.69) is 5.32 Å². The van der Waals surface area contributed by atoms with E-state index in [0.717, 1.165) is 16.7 Å². The molecule has 4 heteroatoms. The number of hydrogen-bond donors (Lipinski definition) is 1. The van der Waals surface area contributed by atoms with Gasteiger partial charge < -0.3 is 10.1 Å². The van der Waals surface area contributed by atoms with E-state index in [1.807, 2.05) is 76.2 Å². The van der Waals surface area contributed by atoms with Gasteiger partial charge in [0.15, 0.2) is 5.78 Å². The number of amides is 1. The molecule has 1 N–H and O–H groups in total. The van der Waals surface area contributed by atoms with Gasteiger partial charge in [0.05, 0.1) is 6.04 Å². The van der Waals surface area contributed by atoms with Gasteiger partial charge in [-0.15, -0.1) is 0 Å². The second kappa shape index (κ2) is 7.51. The van der Waals surface area contributed by atoms with Crippen molar-refractivity contribution >= 4 is 11.9 Å². The summed E-state index contributed by atoms with van der Waals surface area (Å²) < 4.78 is 5.28. The van der Waals surface area contributed by atoms with Crippen molar-refractivity contribution in [3.05, 3.63) is 59.7 Å². The predicted molar refractivity (Wildman–Crippen MR) is 99.7 cm³/mol. The van der Waals surface area contributed by atoms with E-state index in [1.54, 1.807) is 6.92 Å². The third kappa shape index (κ3) is 5.45. The molecule has 0 aliphatic rings. The lowest BCUT2D eigenvalue weighted by Crippen LogP contribution is -2.34. The van der Waals surface area contributed by atoms with Gasteiger partial charge in [0.25, 0.3) is 0 Å². The molecule has 0 fully saturated rings. The van der Waals surface area contributed by atoms with E-state index in [-0.39, 0.29) is 11.8 Å². The molecule has 2 aromatic rings. The Bertz CT molecular complexity index is 757. The molecule has 0 saturated carbocycles. The second-order valence-corrected chi connectivity index (χ2v) is 7.13. The largest absolute Gasteiger partial charge is 0.444 e. The number of ketones is 1. The summed E-state index contributed by atoms with van der Waals surface area (Å²) in [6.07, 6.45) is -0.432. The number of carbonyl (C=O) groups excluding carboxylic acids is 2. The first-order chi connectivity index (χ1) is 11.7. The second-order valence-electron chi connectivity index (χ2n) is 7.13. The van der Waals surface area contributed by atoms with E-state index in [9.17, 15) is 9.59 Å². The number of alkyl carbamates (subject to hydrolysis) is 1. The molecule has 2 rings (SSSR count). The maximum Gasteiger partial charge on any atom is 0.408 e. The fourth-order valence-corrected chi connectivity index (χ4v) is 2.45. The smallest absolute Gasteiger partial charge is 0.408 e. The minimum atomic E-state index is -0.518. The highest BCUT2D eigenvalue weighted by atomic mass is 16.6. The SMILES string of the molecule is CC(=O)c1cccc(-c2ccc(C(C)NC(=O)OC(C)(C)C)cc2)c1. The maximum absolute atomic E-state index is 11.9. The predicted octanol–water partition coefficient (Wildman–Crippen LogP) is 5.14. The number of ether oxygens (including phenoxy) is 1. The number of rotatable bonds is 4. The summed E-state index contributed by atoms with van der Waals surface area (Å²) in [6, 6.07) is 15.3. The highest BCUT2D eigenvalue weighted by molar-refractivity contribution is 5.95. The van der Waals surface area contributed by atoms with E-state index >= 15 is 0 Å².